The minimum absolute atomic E-state index is 0.0435. The number of likely N-dealkylation sites (tertiary alicyclic amines) is 1. The molecular weight excluding hydrogens is 299 g/mol. The van der Waals surface area contributed by atoms with Gasteiger partial charge in [-0.15, -0.1) is 0 Å². The van der Waals surface area contributed by atoms with Crippen molar-refractivity contribution in [1.82, 2.24) is 10.2 Å². The van der Waals surface area contributed by atoms with Crippen LogP contribution in [0.25, 0.3) is 0 Å². The van der Waals surface area contributed by atoms with Crippen LogP contribution in [0.2, 0.25) is 0 Å². The Bertz CT molecular complexity index is 586. The lowest BCUT2D eigenvalue weighted by Gasteiger charge is -2.27. The third-order valence-electron chi connectivity index (χ3n) is 4.30. The fraction of sp³-hybridized carbons (Fsp3) is 0.529. The van der Waals surface area contributed by atoms with Crippen LogP contribution in [-0.2, 0) is 9.59 Å². The number of hydrogen-bond donors (Lipinski definition) is 2. The van der Waals surface area contributed by atoms with Gasteiger partial charge in [0.1, 0.15) is 5.82 Å². The number of aliphatic hydroxyl groups excluding tert-OH is 1. The Balaban J connectivity index is 2.17. The third kappa shape index (κ3) is 3.88. The normalized spacial score (nSPS) is 21.6. The third-order valence-corrected chi connectivity index (χ3v) is 4.30. The van der Waals surface area contributed by atoms with Crippen molar-refractivity contribution in [1.29, 1.82) is 0 Å². The van der Waals surface area contributed by atoms with E-state index in [0.717, 1.165) is 5.56 Å². The molecule has 6 heteroatoms. The van der Waals surface area contributed by atoms with Gasteiger partial charge in [-0.3, -0.25) is 9.59 Å². The van der Waals surface area contributed by atoms with E-state index in [9.17, 15) is 19.1 Å². The Kier molecular flexibility index (Phi) is 5.04. The largest absolute Gasteiger partial charge is 0.396 e. The maximum Gasteiger partial charge on any atom is 0.226 e. The van der Waals surface area contributed by atoms with Crippen LogP contribution < -0.4 is 5.32 Å². The lowest BCUT2D eigenvalue weighted by atomic mass is 9.91. The summed E-state index contributed by atoms with van der Waals surface area (Å²) in [7, 11) is 1.65. The molecule has 0 spiro atoms. The average molecular weight is 322 g/mol. The molecule has 0 saturated carbocycles. The van der Waals surface area contributed by atoms with Crippen molar-refractivity contribution in [2.45, 2.75) is 26.3 Å². The molecule has 23 heavy (non-hydrogen) atoms. The SMILES string of the molecule is CN1C(=O)CC(C(=O)NCC(C)(C)CO)C1c1ccc(F)cc1. The van der Waals surface area contributed by atoms with Gasteiger partial charge in [-0.05, 0) is 17.7 Å². The molecule has 1 fully saturated rings. The Morgan fingerprint density at radius 1 is 1.39 bits per heavy atom. The van der Waals surface area contributed by atoms with Crippen LogP contribution in [0.4, 0.5) is 4.39 Å². The van der Waals surface area contributed by atoms with E-state index in [4.69, 9.17) is 0 Å². The summed E-state index contributed by atoms with van der Waals surface area (Å²) in [6.07, 6.45) is 0.129. The highest BCUT2D eigenvalue weighted by Gasteiger charge is 2.42. The molecule has 1 aromatic rings. The molecule has 0 bridgehead atoms. The minimum Gasteiger partial charge on any atom is -0.396 e. The number of carbonyl (C=O) groups excluding carboxylic acids is 2. The first-order valence-corrected chi connectivity index (χ1v) is 7.65. The fourth-order valence-electron chi connectivity index (χ4n) is 2.73. The number of benzene rings is 1. The minimum atomic E-state index is -0.521. The van der Waals surface area contributed by atoms with E-state index in [2.05, 4.69) is 5.32 Å². The quantitative estimate of drug-likeness (QED) is 0.863. The molecule has 2 rings (SSSR count). The van der Waals surface area contributed by atoms with Gasteiger partial charge < -0.3 is 15.3 Å². The van der Waals surface area contributed by atoms with Gasteiger partial charge in [-0.25, -0.2) is 4.39 Å². The Morgan fingerprint density at radius 3 is 2.57 bits per heavy atom. The maximum atomic E-state index is 13.1. The Morgan fingerprint density at radius 2 is 2.00 bits per heavy atom. The molecule has 0 aliphatic carbocycles. The lowest BCUT2D eigenvalue weighted by molar-refractivity contribution is -0.128. The zero-order valence-electron chi connectivity index (χ0n) is 13.7. The van der Waals surface area contributed by atoms with Gasteiger partial charge in [0, 0.05) is 32.0 Å². The maximum absolute atomic E-state index is 13.1. The number of nitrogens with zero attached hydrogens (tertiary/aromatic N) is 1. The molecule has 1 heterocycles. The number of halogens is 1. The van der Waals surface area contributed by atoms with Crippen molar-refractivity contribution in [2.75, 3.05) is 20.2 Å². The number of aliphatic hydroxyl groups is 1. The van der Waals surface area contributed by atoms with Gasteiger partial charge in [-0.1, -0.05) is 26.0 Å². The van der Waals surface area contributed by atoms with Gasteiger partial charge in [0.15, 0.2) is 0 Å². The van der Waals surface area contributed by atoms with Gasteiger partial charge in [0.25, 0.3) is 0 Å². The van der Waals surface area contributed by atoms with E-state index < -0.39 is 17.4 Å². The molecule has 1 aliphatic rings. The monoisotopic (exact) mass is 322 g/mol. The summed E-state index contributed by atoms with van der Waals surface area (Å²) >= 11 is 0. The van der Waals surface area contributed by atoms with Gasteiger partial charge in [0.05, 0.1) is 12.0 Å². The first kappa shape index (κ1) is 17.4. The van der Waals surface area contributed by atoms with Crippen molar-refractivity contribution in [3.63, 3.8) is 0 Å². The topological polar surface area (TPSA) is 69.6 Å². The Labute approximate surface area is 135 Å². The summed E-state index contributed by atoms with van der Waals surface area (Å²) in [5.41, 5.74) is 0.316. The average Bonchev–Trinajstić information content (AvgIpc) is 2.82. The van der Waals surface area contributed by atoms with E-state index in [-0.39, 0.29) is 30.7 Å². The summed E-state index contributed by atoms with van der Waals surface area (Å²) in [6.45, 7) is 3.97. The first-order valence-electron chi connectivity index (χ1n) is 7.65. The molecule has 1 aliphatic heterocycles. The van der Waals surface area contributed by atoms with E-state index in [1.807, 2.05) is 13.8 Å². The number of rotatable bonds is 5. The molecule has 2 N–H and O–H groups in total. The van der Waals surface area contributed by atoms with Crippen molar-refractivity contribution in [3.05, 3.63) is 35.6 Å². The van der Waals surface area contributed by atoms with E-state index in [1.54, 1.807) is 19.2 Å². The zero-order valence-corrected chi connectivity index (χ0v) is 13.7. The molecule has 2 atom stereocenters. The lowest BCUT2D eigenvalue weighted by Crippen LogP contribution is -2.40. The fourth-order valence-corrected chi connectivity index (χ4v) is 2.73. The highest BCUT2D eigenvalue weighted by Crippen LogP contribution is 2.37. The van der Waals surface area contributed by atoms with Crippen LogP contribution in [-0.4, -0.2) is 42.0 Å². The van der Waals surface area contributed by atoms with Crippen LogP contribution >= 0.6 is 0 Å². The Hall–Kier alpha value is -1.95. The van der Waals surface area contributed by atoms with Crippen LogP contribution in [0.3, 0.4) is 0 Å². The number of hydrogen-bond acceptors (Lipinski definition) is 3. The summed E-state index contributed by atoms with van der Waals surface area (Å²) in [5.74, 6) is -1.21. The molecule has 1 aromatic carbocycles. The summed E-state index contributed by atoms with van der Waals surface area (Å²) in [6, 6.07) is 5.46. The highest BCUT2D eigenvalue weighted by atomic mass is 19.1. The number of amides is 2. The van der Waals surface area contributed by atoms with E-state index >= 15 is 0 Å². The van der Waals surface area contributed by atoms with Crippen LogP contribution in [0, 0.1) is 17.2 Å². The molecular formula is C17H23FN2O3. The predicted octanol–water partition coefficient (Wildman–Crippen LogP) is 1.48. The second-order valence-electron chi connectivity index (χ2n) is 6.85. The van der Waals surface area contributed by atoms with Crippen LogP contribution in [0.1, 0.15) is 31.9 Å². The van der Waals surface area contributed by atoms with Crippen molar-refractivity contribution in [3.8, 4) is 0 Å². The van der Waals surface area contributed by atoms with Gasteiger partial charge in [-0.2, -0.15) is 0 Å². The molecule has 1 saturated heterocycles. The molecule has 2 unspecified atom stereocenters. The van der Waals surface area contributed by atoms with E-state index in [0.29, 0.717) is 6.54 Å². The molecule has 126 valence electrons. The second-order valence-corrected chi connectivity index (χ2v) is 6.85. The number of carbonyl (C=O) groups is 2. The van der Waals surface area contributed by atoms with E-state index in [1.165, 1.54) is 17.0 Å². The summed E-state index contributed by atoms with van der Waals surface area (Å²) in [5, 5.41) is 12.1. The van der Waals surface area contributed by atoms with Crippen molar-refractivity contribution >= 4 is 11.8 Å². The molecule has 0 radical (unpaired) electrons. The van der Waals surface area contributed by atoms with Gasteiger partial charge in [0.2, 0.25) is 11.8 Å². The van der Waals surface area contributed by atoms with Gasteiger partial charge >= 0.3 is 0 Å². The standard InChI is InChI=1S/C17H23FN2O3/c1-17(2,10-21)9-19-16(23)13-8-14(22)20(3)15(13)11-4-6-12(18)7-5-11/h4-7,13,15,21H,8-10H2,1-3H3,(H,19,23). The summed E-state index contributed by atoms with van der Waals surface area (Å²) < 4.78 is 13.1. The van der Waals surface area contributed by atoms with Crippen molar-refractivity contribution in [2.24, 2.45) is 11.3 Å². The molecule has 5 nitrogen and oxygen atoms in total. The second kappa shape index (κ2) is 6.66. The summed E-state index contributed by atoms with van der Waals surface area (Å²) in [4.78, 5) is 26.1. The smallest absolute Gasteiger partial charge is 0.226 e. The zero-order chi connectivity index (χ0) is 17.2. The molecule has 0 aromatic heterocycles. The van der Waals surface area contributed by atoms with Crippen molar-refractivity contribution < 1.29 is 19.1 Å². The van der Waals surface area contributed by atoms with Crippen LogP contribution in [0.15, 0.2) is 24.3 Å². The first-order chi connectivity index (χ1) is 10.7. The molecule has 2 amide bonds. The van der Waals surface area contributed by atoms with Crippen LogP contribution in [0.5, 0.6) is 0 Å². The highest BCUT2D eigenvalue weighted by molar-refractivity contribution is 5.90. The predicted molar refractivity (Wildman–Crippen MR) is 83.9 cm³/mol. The number of nitrogens with one attached hydrogen (secondary N) is 1.